The van der Waals surface area contributed by atoms with Gasteiger partial charge in [0, 0.05) is 5.56 Å². The van der Waals surface area contributed by atoms with E-state index in [2.05, 4.69) is 20.7 Å². The van der Waals surface area contributed by atoms with Gasteiger partial charge in [-0.15, -0.1) is 0 Å². The van der Waals surface area contributed by atoms with Gasteiger partial charge in [-0.25, -0.2) is 4.68 Å². The molecule has 0 aliphatic heterocycles. The average molecular weight is 322 g/mol. The van der Waals surface area contributed by atoms with Crippen LogP contribution < -0.4 is 5.73 Å². The van der Waals surface area contributed by atoms with Crippen molar-refractivity contribution in [3.8, 4) is 0 Å². The van der Waals surface area contributed by atoms with Gasteiger partial charge in [0.25, 0.3) is 0 Å². The number of aromatic nitrogens is 4. The minimum atomic E-state index is 0.278. The molecule has 3 aromatic rings. The second kappa shape index (κ2) is 7.36. The summed E-state index contributed by atoms with van der Waals surface area (Å²) in [6.07, 6.45) is 0. The Bertz CT molecular complexity index is 828. The van der Waals surface area contributed by atoms with Gasteiger partial charge in [-0.2, -0.15) is 0 Å². The van der Waals surface area contributed by atoms with Crippen LogP contribution in [0.1, 0.15) is 23.6 Å². The van der Waals surface area contributed by atoms with Crippen LogP contribution in [-0.4, -0.2) is 25.9 Å². The number of benzene rings is 2. The lowest BCUT2D eigenvalue weighted by Crippen LogP contribution is -2.10. The summed E-state index contributed by atoms with van der Waals surface area (Å²) in [7, 11) is 0. The highest BCUT2D eigenvalue weighted by atomic mass is 16.6. The predicted molar refractivity (Wildman–Crippen MR) is 91.2 cm³/mol. The Hall–Kier alpha value is -3.22. The standard InChI is InChI=1S/C17H18N6O/c1-13(20-24-12-14-7-3-2-4-8-14)16-10-6-5-9-15(16)11-23-17(18)19-21-22-23/h2-10H,11-12H2,1H3,(H2,18,19,22). The van der Waals surface area contributed by atoms with Gasteiger partial charge in [0.05, 0.1) is 12.3 Å². The SMILES string of the molecule is CC(=NOCc1ccccc1)c1ccccc1Cn1nnnc1N. The Kier molecular flexibility index (Phi) is 4.81. The number of oxime groups is 1. The van der Waals surface area contributed by atoms with Gasteiger partial charge >= 0.3 is 0 Å². The zero-order valence-electron chi connectivity index (χ0n) is 13.3. The Labute approximate surface area is 139 Å². The monoisotopic (exact) mass is 322 g/mol. The predicted octanol–water partition coefficient (Wildman–Crippen LogP) is 2.24. The molecule has 0 atom stereocenters. The molecule has 0 amide bonds. The Morgan fingerprint density at radius 3 is 2.62 bits per heavy atom. The number of hydrogen-bond acceptors (Lipinski definition) is 6. The summed E-state index contributed by atoms with van der Waals surface area (Å²) in [5.41, 5.74) is 9.58. The second-order valence-electron chi connectivity index (χ2n) is 5.29. The van der Waals surface area contributed by atoms with E-state index < -0.39 is 0 Å². The first-order valence-electron chi connectivity index (χ1n) is 7.54. The lowest BCUT2D eigenvalue weighted by Gasteiger charge is -2.09. The van der Waals surface area contributed by atoms with E-state index in [4.69, 9.17) is 10.6 Å². The molecular weight excluding hydrogens is 304 g/mol. The van der Waals surface area contributed by atoms with Gasteiger partial charge in [-0.05, 0) is 28.5 Å². The van der Waals surface area contributed by atoms with E-state index in [0.29, 0.717) is 13.2 Å². The summed E-state index contributed by atoms with van der Waals surface area (Å²) in [5, 5.41) is 15.4. The molecule has 7 heteroatoms. The largest absolute Gasteiger partial charge is 0.391 e. The quantitative estimate of drug-likeness (QED) is 0.555. The van der Waals surface area contributed by atoms with E-state index in [0.717, 1.165) is 22.4 Å². The van der Waals surface area contributed by atoms with Crippen molar-refractivity contribution in [2.24, 2.45) is 5.16 Å². The number of hydrogen-bond donors (Lipinski definition) is 1. The maximum Gasteiger partial charge on any atom is 0.240 e. The van der Waals surface area contributed by atoms with E-state index in [1.807, 2.05) is 61.5 Å². The molecule has 24 heavy (non-hydrogen) atoms. The topological polar surface area (TPSA) is 91.2 Å². The van der Waals surface area contributed by atoms with Crippen molar-refractivity contribution in [3.05, 3.63) is 71.3 Å². The summed E-state index contributed by atoms with van der Waals surface area (Å²) in [6, 6.07) is 17.8. The van der Waals surface area contributed by atoms with Crippen molar-refractivity contribution in [2.75, 3.05) is 5.73 Å². The van der Waals surface area contributed by atoms with Crippen molar-refractivity contribution in [1.29, 1.82) is 0 Å². The summed E-state index contributed by atoms with van der Waals surface area (Å²) < 4.78 is 1.54. The molecule has 0 spiro atoms. The highest BCUT2D eigenvalue weighted by molar-refractivity contribution is 5.99. The first-order chi connectivity index (χ1) is 11.7. The van der Waals surface area contributed by atoms with Crippen LogP contribution in [0, 0.1) is 0 Å². The Balaban J connectivity index is 1.73. The molecule has 0 aliphatic carbocycles. The number of tetrazole rings is 1. The molecule has 122 valence electrons. The van der Waals surface area contributed by atoms with E-state index >= 15 is 0 Å². The maximum absolute atomic E-state index is 5.73. The summed E-state index contributed by atoms with van der Waals surface area (Å²) >= 11 is 0. The lowest BCUT2D eigenvalue weighted by atomic mass is 10.0. The van der Waals surface area contributed by atoms with Crippen molar-refractivity contribution < 1.29 is 4.84 Å². The van der Waals surface area contributed by atoms with Crippen LogP contribution in [0.25, 0.3) is 0 Å². The summed E-state index contributed by atoms with van der Waals surface area (Å²) in [4.78, 5) is 5.47. The van der Waals surface area contributed by atoms with Gasteiger partial charge in [0.15, 0.2) is 0 Å². The maximum atomic E-state index is 5.73. The van der Waals surface area contributed by atoms with Crippen LogP contribution in [0.3, 0.4) is 0 Å². The molecule has 0 saturated carbocycles. The highest BCUT2D eigenvalue weighted by Crippen LogP contribution is 2.13. The van der Waals surface area contributed by atoms with Gasteiger partial charge in [0.2, 0.25) is 5.95 Å². The van der Waals surface area contributed by atoms with Crippen LogP contribution in [0.15, 0.2) is 59.8 Å². The molecule has 0 fully saturated rings. The minimum Gasteiger partial charge on any atom is -0.391 e. The molecule has 0 unspecified atom stereocenters. The molecular formula is C17H18N6O. The number of rotatable bonds is 6. The zero-order valence-corrected chi connectivity index (χ0v) is 13.3. The fourth-order valence-electron chi connectivity index (χ4n) is 2.32. The van der Waals surface area contributed by atoms with Crippen molar-refractivity contribution in [3.63, 3.8) is 0 Å². The molecule has 7 nitrogen and oxygen atoms in total. The second-order valence-corrected chi connectivity index (χ2v) is 5.29. The lowest BCUT2D eigenvalue weighted by molar-refractivity contribution is 0.130. The van der Waals surface area contributed by atoms with Crippen LogP contribution >= 0.6 is 0 Å². The average Bonchev–Trinajstić information content (AvgIpc) is 3.01. The minimum absolute atomic E-state index is 0.278. The number of nitrogens with two attached hydrogens (primary N) is 1. The van der Waals surface area contributed by atoms with Crippen LogP contribution in [0.2, 0.25) is 0 Å². The van der Waals surface area contributed by atoms with Crippen LogP contribution in [-0.2, 0) is 18.0 Å². The molecule has 0 bridgehead atoms. The normalized spacial score (nSPS) is 11.5. The number of anilines is 1. The molecule has 2 N–H and O–H groups in total. The fraction of sp³-hybridized carbons (Fsp3) is 0.176. The molecule has 2 aromatic carbocycles. The fourth-order valence-corrected chi connectivity index (χ4v) is 2.32. The molecule has 1 heterocycles. The first-order valence-corrected chi connectivity index (χ1v) is 7.54. The Morgan fingerprint density at radius 2 is 1.88 bits per heavy atom. The smallest absolute Gasteiger partial charge is 0.240 e. The van der Waals surface area contributed by atoms with Gasteiger partial charge in [0.1, 0.15) is 6.61 Å². The van der Waals surface area contributed by atoms with Crippen molar-refractivity contribution in [2.45, 2.75) is 20.1 Å². The van der Waals surface area contributed by atoms with Crippen LogP contribution in [0.4, 0.5) is 5.95 Å². The van der Waals surface area contributed by atoms with Gasteiger partial charge in [-0.1, -0.05) is 64.9 Å². The van der Waals surface area contributed by atoms with Gasteiger partial charge < -0.3 is 10.6 Å². The van der Waals surface area contributed by atoms with Crippen LogP contribution in [0.5, 0.6) is 0 Å². The molecule has 3 rings (SSSR count). The first kappa shape index (κ1) is 15.7. The third-order valence-corrected chi connectivity index (χ3v) is 3.56. The van der Waals surface area contributed by atoms with E-state index in [-0.39, 0.29) is 5.95 Å². The van der Waals surface area contributed by atoms with Gasteiger partial charge in [-0.3, -0.25) is 0 Å². The molecule has 1 aromatic heterocycles. The number of nitrogens with zero attached hydrogens (tertiary/aromatic N) is 5. The van der Waals surface area contributed by atoms with E-state index in [1.165, 1.54) is 4.68 Å². The molecule has 0 saturated heterocycles. The Morgan fingerprint density at radius 1 is 1.12 bits per heavy atom. The summed E-state index contributed by atoms with van der Waals surface area (Å²) in [5.74, 6) is 0.278. The van der Waals surface area contributed by atoms with Crippen molar-refractivity contribution in [1.82, 2.24) is 20.2 Å². The van der Waals surface area contributed by atoms with E-state index in [1.54, 1.807) is 0 Å². The third-order valence-electron chi connectivity index (χ3n) is 3.56. The third kappa shape index (κ3) is 3.75. The number of nitrogen functional groups attached to an aromatic ring is 1. The zero-order chi connectivity index (χ0) is 16.8. The molecule has 0 radical (unpaired) electrons. The molecule has 0 aliphatic rings. The summed E-state index contributed by atoms with van der Waals surface area (Å²) in [6.45, 7) is 2.81. The van der Waals surface area contributed by atoms with E-state index in [9.17, 15) is 0 Å². The highest BCUT2D eigenvalue weighted by Gasteiger charge is 2.09. The van der Waals surface area contributed by atoms with Crippen molar-refractivity contribution >= 4 is 11.7 Å².